The van der Waals surface area contributed by atoms with E-state index in [1.54, 1.807) is 29.2 Å². The second-order valence-electron chi connectivity index (χ2n) is 7.64. The van der Waals surface area contributed by atoms with Crippen molar-refractivity contribution in [1.82, 2.24) is 24.9 Å². The van der Waals surface area contributed by atoms with Crippen molar-refractivity contribution < 1.29 is 14.0 Å². The fourth-order valence-corrected chi connectivity index (χ4v) is 4.96. The molecule has 5 rings (SSSR count). The Balaban J connectivity index is 1.39. The number of thiazole rings is 1. The minimum atomic E-state index is -1.28. The lowest BCUT2D eigenvalue weighted by Gasteiger charge is -2.19. The number of benzene rings is 1. The van der Waals surface area contributed by atoms with Gasteiger partial charge in [0.25, 0.3) is 0 Å². The lowest BCUT2D eigenvalue weighted by atomic mass is 10.1. The molecule has 170 valence electrons. The molecule has 1 N–H and O–H groups in total. The van der Waals surface area contributed by atoms with E-state index in [0.717, 1.165) is 33.1 Å². The Kier molecular flexibility index (Phi) is 6.32. The van der Waals surface area contributed by atoms with Gasteiger partial charge in [-0.25, -0.2) is 24.9 Å². The molecule has 0 saturated heterocycles. The molecule has 1 aliphatic carbocycles. The normalized spacial score (nSPS) is 15.2. The summed E-state index contributed by atoms with van der Waals surface area (Å²) >= 11 is 3.58. The second-order valence-corrected chi connectivity index (χ2v) is 11.2. The lowest BCUT2D eigenvalue weighted by molar-refractivity contribution is 0.202. The number of anilines is 1. The number of nitrogens with one attached hydrogen (secondary N) is 1. The summed E-state index contributed by atoms with van der Waals surface area (Å²) in [5, 5.41) is 0. The Morgan fingerprint density at radius 1 is 1.12 bits per heavy atom. The largest absolute Gasteiger partial charge is 0.593 e. The van der Waals surface area contributed by atoms with E-state index < -0.39 is 11.4 Å². The summed E-state index contributed by atoms with van der Waals surface area (Å²) in [5.41, 5.74) is 4.12. The van der Waals surface area contributed by atoms with Crippen LogP contribution < -0.4 is 14.2 Å². The molecule has 3 aromatic heterocycles. The van der Waals surface area contributed by atoms with E-state index in [1.807, 2.05) is 25.1 Å². The molecule has 4 aromatic rings. The van der Waals surface area contributed by atoms with Crippen LogP contribution in [0.4, 0.5) is 5.82 Å². The van der Waals surface area contributed by atoms with Crippen molar-refractivity contribution in [3.05, 3.63) is 46.9 Å². The highest BCUT2D eigenvalue weighted by Crippen LogP contribution is 2.44. The first-order valence-corrected chi connectivity index (χ1v) is 12.9. The van der Waals surface area contributed by atoms with Crippen LogP contribution in [0, 0.1) is 0 Å². The molecule has 1 atom stereocenters. The smallest absolute Gasteiger partial charge is 0.316 e. The van der Waals surface area contributed by atoms with Gasteiger partial charge in [-0.3, -0.25) is 0 Å². The summed E-state index contributed by atoms with van der Waals surface area (Å²) in [7, 11) is 0. The summed E-state index contributed by atoms with van der Waals surface area (Å²) in [6, 6.07) is 6.17. The number of ether oxygens (including phenoxy) is 2. The number of fused-ring (bicyclic) bond motifs is 1. The highest BCUT2D eigenvalue weighted by molar-refractivity contribution is 9.10. The van der Waals surface area contributed by atoms with Gasteiger partial charge in [0.05, 0.1) is 37.1 Å². The van der Waals surface area contributed by atoms with Crippen molar-refractivity contribution in [1.29, 1.82) is 0 Å². The Labute approximate surface area is 205 Å². The average Bonchev–Trinajstić information content (AvgIpc) is 3.40. The van der Waals surface area contributed by atoms with Crippen LogP contribution in [0.1, 0.15) is 19.8 Å². The van der Waals surface area contributed by atoms with Crippen molar-refractivity contribution in [3.63, 3.8) is 0 Å². The Morgan fingerprint density at radius 3 is 2.70 bits per heavy atom. The molecule has 1 saturated carbocycles. The third-order valence-electron chi connectivity index (χ3n) is 5.17. The molecule has 1 aromatic carbocycles. The minimum Gasteiger partial charge on any atom is -0.593 e. The van der Waals surface area contributed by atoms with E-state index >= 15 is 0 Å². The number of rotatable bonds is 9. The summed E-state index contributed by atoms with van der Waals surface area (Å²) in [6.07, 6.45) is 6.44. The molecular formula is C21H19BrN6O3S2. The molecule has 0 spiro atoms. The first-order chi connectivity index (χ1) is 16.0. The molecule has 0 radical (unpaired) electrons. The third-order valence-corrected chi connectivity index (χ3v) is 8.07. The Morgan fingerprint density at radius 2 is 1.91 bits per heavy atom. The van der Waals surface area contributed by atoms with E-state index in [0.29, 0.717) is 17.3 Å². The van der Waals surface area contributed by atoms with E-state index in [2.05, 4.69) is 45.6 Å². The molecule has 12 heteroatoms. The highest BCUT2D eigenvalue weighted by Gasteiger charge is 2.51. The lowest BCUT2D eigenvalue weighted by Crippen LogP contribution is -2.27. The van der Waals surface area contributed by atoms with Gasteiger partial charge in [-0.2, -0.15) is 4.72 Å². The molecule has 1 unspecified atom stereocenters. The fourth-order valence-electron chi connectivity index (χ4n) is 3.05. The highest BCUT2D eigenvalue weighted by atomic mass is 79.9. The number of hydrogen-bond acceptors (Lipinski definition) is 10. The summed E-state index contributed by atoms with van der Waals surface area (Å²) in [5.74, 6) is 0.818. The molecule has 0 aliphatic heterocycles. The number of nitrogens with zero attached hydrogens (tertiary/aromatic N) is 5. The van der Waals surface area contributed by atoms with Gasteiger partial charge in [0.2, 0.25) is 5.88 Å². The van der Waals surface area contributed by atoms with Crippen molar-refractivity contribution in [2.24, 2.45) is 0 Å². The predicted molar refractivity (Wildman–Crippen MR) is 131 cm³/mol. The van der Waals surface area contributed by atoms with Crippen LogP contribution >= 0.6 is 27.3 Å². The third kappa shape index (κ3) is 5.03. The molecule has 1 fully saturated rings. The van der Waals surface area contributed by atoms with Gasteiger partial charge in [-0.1, -0.05) is 6.07 Å². The Bertz CT molecular complexity index is 1270. The zero-order valence-electron chi connectivity index (χ0n) is 17.5. The van der Waals surface area contributed by atoms with Crippen molar-refractivity contribution >= 4 is 54.7 Å². The van der Waals surface area contributed by atoms with Gasteiger partial charge in [-0.15, -0.1) is 11.3 Å². The number of halogens is 1. The van der Waals surface area contributed by atoms with E-state index in [9.17, 15) is 4.55 Å². The molecule has 1 aliphatic rings. The number of aromatic nitrogens is 5. The van der Waals surface area contributed by atoms with Crippen LogP contribution in [-0.4, -0.2) is 47.4 Å². The second kappa shape index (κ2) is 9.37. The molecule has 9 nitrogen and oxygen atoms in total. The Hall–Kier alpha value is -2.54. The van der Waals surface area contributed by atoms with E-state index in [4.69, 9.17) is 9.47 Å². The maximum Gasteiger partial charge on any atom is 0.316 e. The van der Waals surface area contributed by atoms with Gasteiger partial charge in [-0.05, 0) is 40.5 Å². The average molecular weight is 547 g/mol. The van der Waals surface area contributed by atoms with E-state index in [-0.39, 0.29) is 24.0 Å². The fraction of sp³-hybridized carbons (Fsp3) is 0.286. The zero-order chi connectivity index (χ0) is 22.8. The van der Waals surface area contributed by atoms with Gasteiger partial charge in [0.1, 0.15) is 24.3 Å². The predicted octanol–water partition coefficient (Wildman–Crippen LogP) is 4.39. The summed E-state index contributed by atoms with van der Waals surface area (Å²) in [4.78, 5) is 21.3. The zero-order valence-corrected chi connectivity index (χ0v) is 20.7. The van der Waals surface area contributed by atoms with Crippen LogP contribution in [0.25, 0.3) is 21.3 Å². The molecular weight excluding hydrogens is 528 g/mol. The maximum atomic E-state index is 12.9. The van der Waals surface area contributed by atoms with Gasteiger partial charge in [0, 0.05) is 25.2 Å². The summed E-state index contributed by atoms with van der Waals surface area (Å²) in [6.45, 7) is 2.43. The monoisotopic (exact) mass is 546 g/mol. The quantitative estimate of drug-likeness (QED) is 0.240. The van der Waals surface area contributed by atoms with Crippen LogP contribution in [0.15, 0.2) is 46.9 Å². The summed E-state index contributed by atoms with van der Waals surface area (Å²) < 4.78 is 29.0. The standard InChI is InChI=1S/C21H19BrN6O3S2/c1-21(4-5-21)33(29)28-18-17(13-2-3-16-15(8-13)27-12-32-16)19(26-11-25-18)30-6-7-31-20-23-9-14(22)10-24-20/h2-3,8-12H,4-7H2,1H3,(H,25,26,28). The van der Waals surface area contributed by atoms with Crippen LogP contribution in [0.3, 0.4) is 0 Å². The first-order valence-electron chi connectivity index (χ1n) is 10.1. The van der Waals surface area contributed by atoms with Gasteiger partial charge < -0.3 is 14.0 Å². The topological polar surface area (TPSA) is 118 Å². The number of hydrogen-bond donors (Lipinski definition) is 1. The molecule has 3 heterocycles. The van der Waals surface area contributed by atoms with Crippen molar-refractivity contribution in [2.45, 2.75) is 24.5 Å². The molecule has 0 bridgehead atoms. The van der Waals surface area contributed by atoms with Crippen molar-refractivity contribution in [2.75, 3.05) is 17.9 Å². The van der Waals surface area contributed by atoms with Gasteiger partial charge >= 0.3 is 6.01 Å². The van der Waals surface area contributed by atoms with Crippen molar-refractivity contribution in [3.8, 4) is 23.0 Å². The van der Waals surface area contributed by atoms with Crippen LogP contribution in [-0.2, 0) is 11.4 Å². The van der Waals surface area contributed by atoms with E-state index in [1.165, 1.54) is 6.33 Å². The SMILES string of the molecule is CC1([S+]([O-])Nc2ncnc(OCCOc3ncc(Br)cn3)c2-c2ccc3scnc3c2)CC1. The van der Waals surface area contributed by atoms with Gasteiger partial charge in [0.15, 0.2) is 5.82 Å². The first kappa shape index (κ1) is 22.3. The minimum absolute atomic E-state index is 0.211. The van der Waals surface area contributed by atoms with Crippen LogP contribution in [0.5, 0.6) is 11.9 Å². The maximum absolute atomic E-state index is 12.9. The van der Waals surface area contributed by atoms with Crippen LogP contribution in [0.2, 0.25) is 0 Å². The molecule has 33 heavy (non-hydrogen) atoms. The molecule has 0 amide bonds.